The maximum absolute atomic E-state index is 12.9. The van der Waals surface area contributed by atoms with Crippen LogP contribution in [0.2, 0.25) is 0 Å². The van der Waals surface area contributed by atoms with E-state index in [4.69, 9.17) is 0 Å². The van der Waals surface area contributed by atoms with Crippen LogP contribution in [0.3, 0.4) is 0 Å². The molecule has 8 heteroatoms. The van der Waals surface area contributed by atoms with Crippen molar-refractivity contribution in [3.63, 3.8) is 0 Å². The number of nitrogens with one attached hydrogen (secondary N) is 1. The van der Waals surface area contributed by atoms with E-state index in [1.807, 2.05) is 42.3 Å². The van der Waals surface area contributed by atoms with E-state index in [1.54, 1.807) is 18.3 Å². The van der Waals surface area contributed by atoms with Crippen LogP contribution >= 0.6 is 0 Å². The highest BCUT2D eigenvalue weighted by molar-refractivity contribution is 7.90. The number of fused-ring (bicyclic) bond motifs is 1. The van der Waals surface area contributed by atoms with Crippen LogP contribution in [0.4, 0.5) is 5.69 Å². The first-order chi connectivity index (χ1) is 15.4. The average Bonchev–Trinajstić information content (AvgIpc) is 2.98. The SMILES string of the molecule is CN1CCCCC/C1=N/S(=O)(=O)c1cccc(NC(=O)Cc2cccc3cccnc23)c1. The van der Waals surface area contributed by atoms with Crippen LogP contribution in [-0.4, -0.2) is 43.6 Å². The van der Waals surface area contributed by atoms with Crippen molar-refractivity contribution in [1.82, 2.24) is 9.88 Å². The molecule has 0 bridgehead atoms. The van der Waals surface area contributed by atoms with Gasteiger partial charge in [-0.1, -0.05) is 36.8 Å². The molecular weight excluding hydrogens is 424 g/mol. The minimum atomic E-state index is -3.87. The van der Waals surface area contributed by atoms with E-state index in [0.29, 0.717) is 17.9 Å². The maximum atomic E-state index is 12.9. The lowest BCUT2D eigenvalue weighted by atomic mass is 10.1. The fourth-order valence-corrected chi connectivity index (χ4v) is 5.00. The summed E-state index contributed by atoms with van der Waals surface area (Å²) in [4.78, 5) is 19.0. The molecule has 0 spiro atoms. The van der Waals surface area contributed by atoms with Crippen molar-refractivity contribution in [2.45, 2.75) is 37.0 Å². The smallest absolute Gasteiger partial charge is 0.284 e. The summed E-state index contributed by atoms with van der Waals surface area (Å²) >= 11 is 0. The second kappa shape index (κ2) is 9.48. The molecule has 1 aromatic heterocycles. The fourth-order valence-electron chi connectivity index (χ4n) is 3.86. The second-order valence-corrected chi connectivity index (χ2v) is 9.56. The molecule has 2 heterocycles. The van der Waals surface area contributed by atoms with Gasteiger partial charge in [0.2, 0.25) is 5.91 Å². The minimum absolute atomic E-state index is 0.0623. The minimum Gasteiger partial charge on any atom is -0.362 e. The van der Waals surface area contributed by atoms with Crippen molar-refractivity contribution >= 4 is 38.4 Å². The molecule has 1 saturated heterocycles. The molecule has 2 aromatic carbocycles. The highest BCUT2D eigenvalue weighted by Gasteiger charge is 2.19. The maximum Gasteiger partial charge on any atom is 0.284 e. The van der Waals surface area contributed by atoms with Gasteiger partial charge in [-0.25, -0.2) is 0 Å². The largest absolute Gasteiger partial charge is 0.362 e. The molecule has 0 saturated carbocycles. The topological polar surface area (TPSA) is 91.7 Å². The quantitative estimate of drug-likeness (QED) is 0.634. The van der Waals surface area contributed by atoms with Crippen LogP contribution in [0.15, 0.2) is 70.1 Å². The Morgan fingerprint density at radius 1 is 1.09 bits per heavy atom. The van der Waals surface area contributed by atoms with E-state index in [-0.39, 0.29) is 17.2 Å². The van der Waals surface area contributed by atoms with Crippen LogP contribution in [0, 0.1) is 0 Å². The number of aromatic nitrogens is 1. The zero-order valence-electron chi connectivity index (χ0n) is 18.0. The third kappa shape index (κ3) is 5.13. The van der Waals surface area contributed by atoms with Crippen molar-refractivity contribution in [2.75, 3.05) is 18.9 Å². The molecule has 7 nitrogen and oxygen atoms in total. The van der Waals surface area contributed by atoms with Gasteiger partial charge in [0.1, 0.15) is 5.84 Å². The molecule has 166 valence electrons. The second-order valence-electron chi connectivity index (χ2n) is 7.96. The fraction of sp³-hybridized carbons (Fsp3) is 0.292. The predicted molar refractivity (Wildman–Crippen MR) is 126 cm³/mol. The number of pyridine rings is 1. The summed E-state index contributed by atoms with van der Waals surface area (Å²) in [6.07, 6.45) is 5.51. The zero-order chi connectivity index (χ0) is 22.6. The van der Waals surface area contributed by atoms with Gasteiger partial charge >= 0.3 is 0 Å². The van der Waals surface area contributed by atoms with E-state index in [2.05, 4.69) is 14.7 Å². The molecule has 0 atom stereocenters. The highest BCUT2D eigenvalue weighted by atomic mass is 32.2. The number of para-hydroxylation sites is 1. The Balaban J connectivity index is 1.52. The first-order valence-corrected chi connectivity index (χ1v) is 12.1. The first kappa shape index (κ1) is 22.0. The summed E-state index contributed by atoms with van der Waals surface area (Å²) in [7, 11) is -2.00. The number of amides is 1. The van der Waals surface area contributed by atoms with Gasteiger partial charge in [0, 0.05) is 37.3 Å². The number of sulfonamides is 1. The Kier molecular flexibility index (Phi) is 6.50. The number of carbonyl (C=O) groups is 1. The summed E-state index contributed by atoms with van der Waals surface area (Å²) in [6.45, 7) is 0.799. The number of hydrogen-bond donors (Lipinski definition) is 1. The van der Waals surface area contributed by atoms with Crippen LogP contribution in [0.25, 0.3) is 10.9 Å². The van der Waals surface area contributed by atoms with Crippen LogP contribution in [0.1, 0.15) is 31.2 Å². The first-order valence-electron chi connectivity index (χ1n) is 10.7. The molecule has 1 aliphatic heterocycles. The number of likely N-dealkylation sites (tertiary alicyclic amines) is 1. The summed E-state index contributed by atoms with van der Waals surface area (Å²) in [6, 6.07) is 15.8. The number of hydrogen-bond acceptors (Lipinski definition) is 4. The Morgan fingerprint density at radius 3 is 2.78 bits per heavy atom. The van der Waals surface area contributed by atoms with E-state index in [1.165, 1.54) is 12.1 Å². The average molecular weight is 451 g/mol. The lowest BCUT2D eigenvalue weighted by Crippen LogP contribution is -2.26. The lowest BCUT2D eigenvalue weighted by molar-refractivity contribution is -0.115. The highest BCUT2D eigenvalue weighted by Crippen LogP contribution is 2.21. The van der Waals surface area contributed by atoms with Gasteiger partial charge < -0.3 is 10.2 Å². The third-order valence-electron chi connectivity index (χ3n) is 5.54. The van der Waals surface area contributed by atoms with Crippen LogP contribution in [-0.2, 0) is 21.2 Å². The van der Waals surface area contributed by atoms with Gasteiger partial charge in [-0.3, -0.25) is 9.78 Å². The molecule has 1 fully saturated rings. The molecule has 4 rings (SSSR count). The Bertz CT molecular complexity index is 1270. The van der Waals surface area contributed by atoms with Crippen LogP contribution in [0.5, 0.6) is 0 Å². The molecule has 0 aliphatic carbocycles. The van der Waals surface area contributed by atoms with Gasteiger partial charge in [-0.05, 0) is 42.7 Å². The molecule has 3 aromatic rings. The third-order valence-corrected chi connectivity index (χ3v) is 6.84. The summed E-state index contributed by atoms with van der Waals surface area (Å²) in [5.74, 6) is 0.341. The monoisotopic (exact) mass is 450 g/mol. The van der Waals surface area contributed by atoms with Gasteiger partial charge in [-0.15, -0.1) is 4.40 Å². The number of nitrogens with zero attached hydrogens (tertiary/aromatic N) is 3. The van der Waals surface area contributed by atoms with Crippen LogP contribution < -0.4 is 5.32 Å². The lowest BCUT2D eigenvalue weighted by Gasteiger charge is -2.17. The number of anilines is 1. The molecule has 1 N–H and O–H groups in total. The van der Waals surface area contributed by atoms with Crippen molar-refractivity contribution in [3.05, 3.63) is 66.4 Å². The normalized spacial score (nSPS) is 16.2. The zero-order valence-corrected chi connectivity index (χ0v) is 18.8. The van der Waals surface area contributed by atoms with E-state index in [0.717, 1.165) is 42.3 Å². The standard InChI is InChI=1S/C24H26N4O3S/c1-28-15-4-2-3-13-22(28)27-32(30,31)21-12-6-11-20(17-21)26-23(29)16-19-9-5-8-18-10-7-14-25-24(18)19/h5-12,14,17H,2-4,13,15-16H2,1H3,(H,26,29)/b27-22-. The van der Waals surface area contributed by atoms with Gasteiger partial charge in [0.05, 0.1) is 16.8 Å². The van der Waals surface area contributed by atoms with Gasteiger partial charge in [-0.2, -0.15) is 8.42 Å². The number of rotatable bonds is 5. The van der Waals surface area contributed by atoms with E-state index < -0.39 is 10.0 Å². The molecule has 1 amide bonds. The summed E-state index contributed by atoms with van der Waals surface area (Å²) in [5, 5.41) is 3.77. The number of benzene rings is 2. The Labute approximate surface area is 188 Å². The van der Waals surface area contributed by atoms with Crippen molar-refractivity contribution in [2.24, 2.45) is 4.40 Å². The number of carbonyl (C=O) groups excluding carboxylic acids is 1. The molecule has 0 unspecified atom stereocenters. The van der Waals surface area contributed by atoms with Crippen molar-refractivity contribution < 1.29 is 13.2 Å². The number of amidine groups is 1. The molecule has 0 radical (unpaired) electrons. The van der Waals surface area contributed by atoms with Crippen molar-refractivity contribution in [3.8, 4) is 0 Å². The Morgan fingerprint density at radius 2 is 1.91 bits per heavy atom. The van der Waals surface area contributed by atoms with Gasteiger partial charge in [0.25, 0.3) is 10.0 Å². The summed E-state index contributed by atoms with van der Waals surface area (Å²) in [5.41, 5.74) is 2.01. The molecular formula is C24H26N4O3S. The van der Waals surface area contributed by atoms with Gasteiger partial charge in [0.15, 0.2) is 0 Å². The summed E-state index contributed by atoms with van der Waals surface area (Å²) < 4.78 is 29.9. The molecule has 1 aliphatic rings. The predicted octanol–water partition coefficient (Wildman–Crippen LogP) is 4.01. The Hall–Kier alpha value is -3.26. The van der Waals surface area contributed by atoms with Crippen molar-refractivity contribution in [1.29, 1.82) is 0 Å². The molecule has 32 heavy (non-hydrogen) atoms. The van der Waals surface area contributed by atoms with E-state index >= 15 is 0 Å². The van der Waals surface area contributed by atoms with E-state index in [9.17, 15) is 13.2 Å².